The van der Waals surface area contributed by atoms with Crippen LogP contribution in [0.25, 0.3) is 0 Å². The first-order valence-corrected chi connectivity index (χ1v) is 9.01. The van der Waals surface area contributed by atoms with E-state index in [0.717, 1.165) is 13.1 Å². The number of nitrogens with zero attached hydrogens (tertiary/aromatic N) is 3. The molecule has 0 unspecified atom stereocenters. The van der Waals surface area contributed by atoms with Crippen LogP contribution in [0.4, 0.5) is 4.79 Å². The molecule has 1 atom stereocenters. The Morgan fingerprint density at radius 3 is 2.70 bits per heavy atom. The number of amides is 2. The summed E-state index contributed by atoms with van der Waals surface area (Å²) in [5, 5.41) is 7.44. The maximum absolute atomic E-state index is 12.6. The van der Waals surface area contributed by atoms with Crippen LogP contribution in [-0.2, 0) is 7.05 Å². The summed E-state index contributed by atoms with van der Waals surface area (Å²) in [6.45, 7) is 6.96. The van der Waals surface area contributed by atoms with Gasteiger partial charge in [0.2, 0.25) is 0 Å². The lowest BCUT2D eigenvalue weighted by atomic mass is 9.86. The highest BCUT2D eigenvalue weighted by molar-refractivity contribution is 5.74. The van der Waals surface area contributed by atoms with Crippen LogP contribution in [0, 0.1) is 11.3 Å². The Balaban J connectivity index is 1.56. The number of hydrogen-bond donors (Lipinski definition) is 1. The van der Waals surface area contributed by atoms with E-state index >= 15 is 0 Å². The molecule has 1 saturated heterocycles. The van der Waals surface area contributed by atoms with E-state index in [1.54, 1.807) is 0 Å². The summed E-state index contributed by atoms with van der Waals surface area (Å²) >= 11 is 0. The number of carbonyl (C=O) groups excluding carboxylic acids is 1. The molecular weight excluding hydrogens is 288 g/mol. The second-order valence-corrected chi connectivity index (χ2v) is 7.79. The minimum atomic E-state index is 0.113. The van der Waals surface area contributed by atoms with E-state index in [1.807, 2.05) is 22.8 Å². The van der Waals surface area contributed by atoms with Gasteiger partial charge in [-0.2, -0.15) is 5.10 Å². The van der Waals surface area contributed by atoms with E-state index in [-0.39, 0.29) is 6.03 Å². The summed E-state index contributed by atoms with van der Waals surface area (Å²) in [6.07, 6.45) is 8.31. The number of rotatable bonds is 4. The Labute approximate surface area is 139 Å². The van der Waals surface area contributed by atoms with E-state index in [0.29, 0.717) is 23.8 Å². The first kappa shape index (κ1) is 16.3. The minimum absolute atomic E-state index is 0.113. The van der Waals surface area contributed by atoms with Gasteiger partial charge in [0.15, 0.2) is 0 Å². The third-order valence-electron chi connectivity index (χ3n) is 5.91. The van der Waals surface area contributed by atoms with Crippen LogP contribution in [0.5, 0.6) is 0 Å². The molecule has 0 aromatic carbocycles. The fourth-order valence-corrected chi connectivity index (χ4v) is 4.38. The summed E-state index contributed by atoms with van der Waals surface area (Å²) in [4.78, 5) is 14.6. The smallest absolute Gasteiger partial charge is 0.317 e. The van der Waals surface area contributed by atoms with Gasteiger partial charge in [-0.1, -0.05) is 26.7 Å². The molecule has 5 heteroatoms. The highest BCUT2D eigenvalue weighted by Gasteiger charge is 2.41. The highest BCUT2D eigenvalue weighted by Crippen LogP contribution is 2.45. The first-order chi connectivity index (χ1) is 11.0. The quantitative estimate of drug-likeness (QED) is 0.927. The van der Waals surface area contributed by atoms with Crippen LogP contribution in [0.2, 0.25) is 0 Å². The molecule has 1 aromatic heterocycles. The third kappa shape index (κ3) is 3.38. The van der Waals surface area contributed by atoms with Gasteiger partial charge >= 0.3 is 6.03 Å². The number of carbonyl (C=O) groups is 1. The monoisotopic (exact) mass is 318 g/mol. The molecule has 2 fully saturated rings. The Kier molecular flexibility index (Phi) is 4.64. The minimum Gasteiger partial charge on any atom is -0.337 e. The molecule has 128 valence electrons. The van der Waals surface area contributed by atoms with Gasteiger partial charge in [-0.15, -0.1) is 0 Å². The van der Waals surface area contributed by atoms with Crippen molar-refractivity contribution in [3.8, 4) is 0 Å². The first-order valence-electron chi connectivity index (χ1n) is 9.01. The normalized spacial score (nSPS) is 21.3. The zero-order valence-electron chi connectivity index (χ0n) is 14.7. The molecule has 2 heterocycles. The Morgan fingerprint density at radius 1 is 1.35 bits per heavy atom. The number of urea groups is 1. The largest absolute Gasteiger partial charge is 0.337 e. The van der Waals surface area contributed by atoms with Crippen molar-refractivity contribution in [2.24, 2.45) is 18.4 Å². The van der Waals surface area contributed by atoms with E-state index in [9.17, 15) is 4.79 Å². The van der Waals surface area contributed by atoms with Crippen LogP contribution in [0.3, 0.4) is 0 Å². The molecule has 1 aliphatic carbocycles. The zero-order valence-corrected chi connectivity index (χ0v) is 14.7. The highest BCUT2D eigenvalue weighted by atomic mass is 16.2. The van der Waals surface area contributed by atoms with Gasteiger partial charge < -0.3 is 10.2 Å². The van der Waals surface area contributed by atoms with Crippen molar-refractivity contribution >= 4 is 6.03 Å². The van der Waals surface area contributed by atoms with E-state index in [2.05, 4.69) is 30.3 Å². The fourth-order valence-electron chi connectivity index (χ4n) is 4.38. The molecule has 1 spiro atoms. The maximum atomic E-state index is 12.6. The van der Waals surface area contributed by atoms with Crippen LogP contribution in [-0.4, -0.2) is 40.3 Å². The summed E-state index contributed by atoms with van der Waals surface area (Å²) in [5.74, 6) is 0.764. The predicted octanol–water partition coefficient (Wildman–Crippen LogP) is 3.14. The molecule has 0 bridgehead atoms. The van der Waals surface area contributed by atoms with Crippen molar-refractivity contribution < 1.29 is 4.79 Å². The summed E-state index contributed by atoms with van der Waals surface area (Å²) in [5.41, 5.74) is 1.63. The van der Waals surface area contributed by atoms with Crippen molar-refractivity contribution in [3.05, 3.63) is 18.0 Å². The standard InChI is InChI=1S/C18H30N4O/c1-14(2)15(16-6-10-20-21(16)3)12-19-17(23)22-11-9-18(13-22)7-4-5-8-18/h6,10,14-15H,4-5,7-9,11-13H2,1-3H3,(H,19,23)/t15-/m1/s1. The van der Waals surface area contributed by atoms with Gasteiger partial charge in [0.25, 0.3) is 0 Å². The second-order valence-electron chi connectivity index (χ2n) is 7.79. The van der Waals surface area contributed by atoms with E-state index in [4.69, 9.17) is 0 Å². The number of hydrogen-bond acceptors (Lipinski definition) is 2. The van der Waals surface area contributed by atoms with Crippen LogP contribution >= 0.6 is 0 Å². The topological polar surface area (TPSA) is 50.2 Å². The molecular formula is C18H30N4O. The second kappa shape index (κ2) is 6.54. The van der Waals surface area contributed by atoms with E-state index in [1.165, 1.54) is 37.8 Å². The summed E-state index contributed by atoms with van der Waals surface area (Å²) in [7, 11) is 1.97. The molecule has 1 aromatic rings. The van der Waals surface area contributed by atoms with E-state index < -0.39 is 0 Å². The van der Waals surface area contributed by atoms with Crippen molar-refractivity contribution in [1.82, 2.24) is 20.0 Å². The third-order valence-corrected chi connectivity index (χ3v) is 5.91. The molecule has 0 radical (unpaired) electrons. The Bertz CT molecular complexity index is 545. The van der Waals surface area contributed by atoms with Gasteiger partial charge in [0.1, 0.15) is 0 Å². The zero-order chi connectivity index (χ0) is 16.4. The van der Waals surface area contributed by atoms with Gasteiger partial charge in [-0.05, 0) is 36.7 Å². The van der Waals surface area contributed by atoms with Crippen LogP contribution in [0.15, 0.2) is 12.3 Å². The Morgan fingerprint density at radius 2 is 2.09 bits per heavy atom. The van der Waals surface area contributed by atoms with Crippen LogP contribution in [0.1, 0.15) is 57.6 Å². The molecule has 1 saturated carbocycles. The SMILES string of the molecule is CC(C)[C@@H](CNC(=O)N1CCC2(CCCC2)C1)c1ccnn1C. The number of aromatic nitrogens is 2. The van der Waals surface area contributed by atoms with Gasteiger partial charge in [-0.3, -0.25) is 4.68 Å². The molecule has 3 rings (SSSR count). The lowest BCUT2D eigenvalue weighted by Crippen LogP contribution is -2.41. The lowest BCUT2D eigenvalue weighted by molar-refractivity contribution is 0.198. The molecule has 5 nitrogen and oxygen atoms in total. The molecule has 2 aliphatic rings. The van der Waals surface area contributed by atoms with Gasteiger partial charge in [-0.25, -0.2) is 4.79 Å². The van der Waals surface area contributed by atoms with Gasteiger partial charge in [0, 0.05) is 44.5 Å². The fraction of sp³-hybridized carbons (Fsp3) is 0.778. The van der Waals surface area contributed by atoms with Crippen molar-refractivity contribution in [3.63, 3.8) is 0 Å². The number of likely N-dealkylation sites (tertiary alicyclic amines) is 1. The van der Waals surface area contributed by atoms with Crippen molar-refractivity contribution in [2.75, 3.05) is 19.6 Å². The predicted molar refractivity (Wildman–Crippen MR) is 91.3 cm³/mol. The number of nitrogens with one attached hydrogen (secondary N) is 1. The molecule has 1 N–H and O–H groups in total. The lowest BCUT2D eigenvalue weighted by Gasteiger charge is -2.26. The summed E-state index contributed by atoms with van der Waals surface area (Å²) in [6, 6.07) is 2.17. The van der Waals surface area contributed by atoms with Crippen molar-refractivity contribution in [2.45, 2.75) is 51.9 Å². The Hall–Kier alpha value is -1.52. The average molecular weight is 318 g/mol. The molecule has 2 amide bonds. The molecule has 1 aliphatic heterocycles. The van der Waals surface area contributed by atoms with Crippen LogP contribution < -0.4 is 5.32 Å². The molecule has 23 heavy (non-hydrogen) atoms. The summed E-state index contributed by atoms with van der Waals surface area (Å²) < 4.78 is 1.92. The number of aryl methyl sites for hydroxylation is 1. The van der Waals surface area contributed by atoms with Crippen molar-refractivity contribution in [1.29, 1.82) is 0 Å². The maximum Gasteiger partial charge on any atom is 0.317 e. The van der Waals surface area contributed by atoms with Gasteiger partial charge in [0.05, 0.1) is 0 Å². The average Bonchev–Trinajstić information content (AvgIpc) is 3.23.